The molecule has 3 aromatic rings. The molecule has 0 saturated heterocycles. The Morgan fingerprint density at radius 3 is 2.24 bits per heavy atom. The number of nitrogens with zero attached hydrogens (tertiary/aromatic N) is 3. The van der Waals surface area contributed by atoms with Gasteiger partial charge in [0.1, 0.15) is 0 Å². The molecule has 0 fully saturated rings. The zero-order chi connectivity index (χ0) is 14.8. The minimum absolute atomic E-state index is 0.730. The zero-order valence-corrected chi connectivity index (χ0v) is 12.7. The molecule has 0 spiro atoms. The monoisotopic (exact) mass is 297 g/mol. The number of hydrogen-bond acceptors (Lipinski definition) is 2. The van der Waals surface area contributed by atoms with E-state index in [4.69, 9.17) is 16.6 Å². The predicted molar refractivity (Wildman–Crippen MR) is 88.3 cm³/mol. The van der Waals surface area contributed by atoms with E-state index < -0.39 is 0 Å². The highest BCUT2D eigenvalue weighted by molar-refractivity contribution is 6.30. The summed E-state index contributed by atoms with van der Waals surface area (Å²) in [5, 5.41) is 0.730. The Balaban J connectivity index is 2.11. The third-order valence-electron chi connectivity index (χ3n) is 3.26. The van der Waals surface area contributed by atoms with Crippen molar-refractivity contribution in [2.24, 2.45) is 0 Å². The number of aromatic nitrogens is 2. The lowest BCUT2D eigenvalue weighted by molar-refractivity contribution is 0.954. The van der Waals surface area contributed by atoms with Gasteiger partial charge in [0.25, 0.3) is 0 Å². The molecule has 1 heterocycles. The standard InChI is InChI=1S/C17H16ClN3/c1-20(2)17-19-16(13-6-4-3-5-7-13)12-21(17)15-10-8-14(18)9-11-15/h3-12H,1-2H3. The first kappa shape index (κ1) is 13.7. The maximum absolute atomic E-state index is 5.97. The molecule has 106 valence electrons. The quantitative estimate of drug-likeness (QED) is 0.720. The van der Waals surface area contributed by atoms with Crippen LogP contribution in [0.4, 0.5) is 5.95 Å². The SMILES string of the molecule is CN(C)c1nc(-c2ccccc2)cn1-c1ccc(Cl)cc1. The fourth-order valence-electron chi connectivity index (χ4n) is 2.23. The topological polar surface area (TPSA) is 21.1 Å². The van der Waals surface area contributed by atoms with E-state index in [1.54, 1.807) is 0 Å². The van der Waals surface area contributed by atoms with Gasteiger partial charge in [-0.15, -0.1) is 0 Å². The molecule has 0 aliphatic heterocycles. The third-order valence-corrected chi connectivity index (χ3v) is 3.51. The van der Waals surface area contributed by atoms with Gasteiger partial charge >= 0.3 is 0 Å². The number of benzene rings is 2. The molecular weight excluding hydrogens is 282 g/mol. The van der Waals surface area contributed by atoms with Crippen LogP contribution in [0.1, 0.15) is 0 Å². The van der Waals surface area contributed by atoms with Gasteiger partial charge in [0, 0.05) is 36.6 Å². The van der Waals surface area contributed by atoms with Gasteiger partial charge in [0.05, 0.1) is 5.69 Å². The Kier molecular flexibility index (Phi) is 3.67. The van der Waals surface area contributed by atoms with Crippen LogP contribution in [0.15, 0.2) is 60.8 Å². The summed E-state index contributed by atoms with van der Waals surface area (Å²) in [6.07, 6.45) is 2.05. The summed E-state index contributed by atoms with van der Waals surface area (Å²) in [5.41, 5.74) is 3.10. The molecule has 3 nitrogen and oxygen atoms in total. The maximum Gasteiger partial charge on any atom is 0.210 e. The second kappa shape index (κ2) is 5.62. The lowest BCUT2D eigenvalue weighted by Crippen LogP contribution is -2.14. The van der Waals surface area contributed by atoms with Crippen LogP contribution in [0.25, 0.3) is 16.9 Å². The lowest BCUT2D eigenvalue weighted by Gasteiger charge is -2.14. The molecule has 0 bridgehead atoms. The van der Waals surface area contributed by atoms with Crippen molar-refractivity contribution in [3.05, 3.63) is 65.8 Å². The van der Waals surface area contributed by atoms with E-state index in [1.165, 1.54) is 0 Å². The molecule has 0 N–H and O–H groups in total. The normalized spacial score (nSPS) is 10.6. The van der Waals surface area contributed by atoms with Crippen LogP contribution in [0, 0.1) is 0 Å². The van der Waals surface area contributed by atoms with Crippen LogP contribution in [0.3, 0.4) is 0 Å². The highest BCUT2D eigenvalue weighted by Gasteiger charge is 2.12. The Bertz CT molecular complexity index is 730. The molecule has 0 amide bonds. The molecule has 3 rings (SSSR count). The highest BCUT2D eigenvalue weighted by Crippen LogP contribution is 2.26. The zero-order valence-electron chi connectivity index (χ0n) is 12.0. The largest absolute Gasteiger partial charge is 0.348 e. The van der Waals surface area contributed by atoms with E-state index in [0.29, 0.717) is 0 Å². The number of anilines is 1. The Morgan fingerprint density at radius 2 is 1.62 bits per heavy atom. The van der Waals surface area contributed by atoms with Crippen molar-refractivity contribution in [1.29, 1.82) is 0 Å². The summed E-state index contributed by atoms with van der Waals surface area (Å²) < 4.78 is 2.07. The van der Waals surface area contributed by atoms with Gasteiger partial charge < -0.3 is 4.90 Å². The molecule has 0 unspecified atom stereocenters. The van der Waals surface area contributed by atoms with Crippen molar-refractivity contribution < 1.29 is 0 Å². The van der Waals surface area contributed by atoms with E-state index >= 15 is 0 Å². The molecule has 1 aromatic heterocycles. The van der Waals surface area contributed by atoms with Gasteiger partial charge in [-0.25, -0.2) is 4.98 Å². The van der Waals surface area contributed by atoms with E-state index in [0.717, 1.165) is 27.9 Å². The average molecular weight is 298 g/mol. The van der Waals surface area contributed by atoms with Crippen molar-refractivity contribution in [3.63, 3.8) is 0 Å². The van der Waals surface area contributed by atoms with Crippen molar-refractivity contribution in [1.82, 2.24) is 9.55 Å². The van der Waals surface area contributed by atoms with Crippen molar-refractivity contribution in [2.75, 3.05) is 19.0 Å². The van der Waals surface area contributed by atoms with Gasteiger partial charge in [0.2, 0.25) is 5.95 Å². The smallest absolute Gasteiger partial charge is 0.210 e. The second-order valence-corrected chi connectivity index (χ2v) is 5.47. The van der Waals surface area contributed by atoms with Crippen LogP contribution in [0.2, 0.25) is 5.02 Å². The van der Waals surface area contributed by atoms with E-state index in [-0.39, 0.29) is 0 Å². The van der Waals surface area contributed by atoms with Crippen LogP contribution in [-0.2, 0) is 0 Å². The fourth-order valence-corrected chi connectivity index (χ4v) is 2.35. The summed E-state index contributed by atoms with van der Waals surface area (Å²) in [6.45, 7) is 0. The minimum atomic E-state index is 0.730. The average Bonchev–Trinajstić information content (AvgIpc) is 2.94. The highest BCUT2D eigenvalue weighted by atomic mass is 35.5. The van der Waals surface area contributed by atoms with Crippen LogP contribution >= 0.6 is 11.6 Å². The minimum Gasteiger partial charge on any atom is -0.348 e. The van der Waals surface area contributed by atoms with Crippen molar-refractivity contribution >= 4 is 17.5 Å². The second-order valence-electron chi connectivity index (χ2n) is 5.03. The van der Waals surface area contributed by atoms with Crippen LogP contribution in [0.5, 0.6) is 0 Å². The number of hydrogen-bond donors (Lipinski definition) is 0. The summed E-state index contributed by atoms with van der Waals surface area (Å²) >= 11 is 5.97. The van der Waals surface area contributed by atoms with Crippen molar-refractivity contribution in [3.8, 4) is 16.9 Å². The molecule has 21 heavy (non-hydrogen) atoms. The first-order chi connectivity index (χ1) is 10.1. The third kappa shape index (κ3) is 2.78. The number of imidazole rings is 1. The first-order valence-corrected chi connectivity index (χ1v) is 7.11. The van der Waals surface area contributed by atoms with E-state index in [2.05, 4.69) is 16.7 Å². The predicted octanol–water partition coefficient (Wildman–Crippen LogP) is 4.26. The summed E-state index contributed by atoms with van der Waals surface area (Å²) in [7, 11) is 3.98. The lowest BCUT2D eigenvalue weighted by atomic mass is 10.2. The molecule has 0 saturated carbocycles. The fraction of sp³-hybridized carbons (Fsp3) is 0.118. The van der Waals surface area contributed by atoms with Crippen LogP contribution < -0.4 is 4.90 Å². The number of rotatable bonds is 3. The molecule has 0 aliphatic rings. The first-order valence-electron chi connectivity index (χ1n) is 6.73. The van der Waals surface area contributed by atoms with Crippen LogP contribution in [-0.4, -0.2) is 23.6 Å². The molecule has 0 radical (unpaired) electrons. The van der Waals surface area contributed by atoms with Gasteiger partial charge in [0.15, 0.2) is 0 Å². The van der Waals surface area contributed by atoms with E-state index in [9.17, 15) is 0 Å². The molecule has 4 heteroatoms. The molecular formula is C17H16ClN3. The molecule has 0 aliphatic carbocycles. The summed E-state index contributed by atoms with van der Waals surface area (Å²) in [6, 6.07) is 17.9. The molecule has 2 aromatic carbocycles. The number of halogens is 1. The maximum atomic E-state index is 5.97. The summed E-state index contributed by atoms with van der Waals surface area (Å²) in [5.74, 6) is 0.885. The van der Waals surface area contributed by atoms with Gasteiger partial charge in [-0.05, 0) is 24.3 Å². The Hall–Kier alpha value is -2.26. The van der Waals surface area contributed by atoms with Crippen molar-refractivity contribution in [2.45, 2.75) is 0 Å². The summed E-state index contributed by atoms with van der Waals surface area (Å²) in [4.78, 5) is 6.74. The molecule has 0 atom stereocenters. The Labute approximate surface area is 129 Å². The van der Waals surface area contributed by atoms with Gasteiger partial charge in [-0.2, -0.15) is 0 Å². The van der Waals surface area contributed by atoms with Gasteiger partial charge in [-0.3, -0.25) is 4.57 Å². The Morgan fingerprint density at radius 1 is 0.952 bits per heavy atom. The van der Waals surface area contributed by atoms with E-state index in [1.807, 2.05) is 67.7 Å². The van der Waals surface area contributed by atoms with Gasteiger partial charge in [-0.1, -0.05) is 41.9 Å².